The van der Waals surface area contributed by atoms with Crippen LogP contribution in [0.2, 0.25) is 0 Å². The lowest BCUT2D eigenvalue weighted by molar-refractivity contribution is 0.0996. The van der Waals surface area contributed by atoms with Gasteiger partial charge in [0.25, 0.3) is 5.91 Å². The summed E-state index contributed by atoms with van der Waals surface area (Å²) in [5, 5.41) is 2.68. The molecule has 0 aliphatic carbocycles. The van der Waals surface area contributed by atoms with Crippen LogP contribution in [0.3, 0.4) is 0 Å². The van der Waals surface area contributed by atoms with Gasteiger partial charge in [0.05, 0.1) is 5.56 Å². The van der Waals surface area contributed by atoms with Crippen molar-refractivity contribution >= 4 is 17.6 Å². The van der Waals surface area contributed by atoms with Gasteiger partial charge in [0.15, 0.2) is 0 Å². The highest BCUT2D eigenvalue weighted by molar-refractivity contribution is 5.94. The molecular formula is C18H27FN4O2. The van der Waals surface area contributed by atoms with Crippen LogP contribution in [0.5, 0.6) is 0 Å². The molecule has 1 aliphatic rings. The van der Waals surface area contributed by atoms with Gasteiger partial charge in [0.1, 0.15) is 5.82 Å². The van der Waals surface area contributed by atoms with E-state index in [1.165, 1.54) is 25.0 Å². The third-order valence-corrected chi connectivity index (χ3v) is 4.61. The molecule has 1 aliphatic heterocycles. The number of piperidine rings is 1. The molecule has 1 saturated heterocycles. The lowest BCUT2D eigenvalue weighted by Gasteiger charge is -2.32. The zero-order chi connectivity index (χ0) is 18.4. The molecule has 1 heterocycles. The van der Waals surface area contributed by atoms with Gasteiger partial charge >= 0.3 is 6.03 Å². The van der Waals surface area contributed by atoms with E-state index >= 15 is 0 Å². The molecule has 1 aromatic carbocycles. The van der Waals surface area contributed by atoms with Crippen LogP contribution in [0.4, 0.5) is 14.9 Å². The highest BCUT2D eigenvalue weighted by Crippen LogP contribution is 2.23. The summed E-state index contributed by atoms with van der Waals surface area (Å²) in [5.41, 5.74) is 5.21. The zero-order valence-corrected chi connectivity index (χ0v) is 14.9. The lowest BCUT2D eigenvalue weighted by Crippen LogP contribution is -2.41. The van der Waals surface area contributed by atoms with Crippen LogP contribution in [0.25, 0.3) is 0 Å². The van der Waals surface area contributed by atoms with Crippen LogP contribution in [0, 0.1) is 11.7 Å². The van der Waals surface area contributed by atoms with E-state index in [4.69, 9.17) is 5.73 Å². The summed E-state index contributed by atoms with van der Waals surface area (Å²) >= 11 is 0. The first-order valence-corrected chi connectivity index (χ1v) is 8.67. The number of nitrogens with two attached hydrogens (primary N) is 1. The number of nitrogens with one attached hydrogen (secondary N) is 1. The zero-order valence-electron chi connectivity index (χ0n) is 14.9. The van der Waals surface area contributed by atoms with Gasteiger partial charge in [0, 0.05) is 18.8 Å². The molecule has 6 nitrogen and oxygen atoms in total. The van der Waals surface area contributed by atoms with Gasteiger partial charge in [0.2, 0.25) is 0 Å². The van der Waals surface area contributed by atoms with Gasteiger partial charge in [-0.3, -0.25) is 4.79 Å². The number of nitrogens with zero attached hydrogens (tertiary/aromatic N) is 2. The average molecular weight is 350 g/mol. The first-order chi connectivity index (χ1) is 11.9. The Morgan fingerprint density at radius 3 is 2.56 bits per heavy atom. The van der Waals surface area contributed by atoms with Crippen molar-refractivity contribution in [3.05, 3.63) is 29.6 Å². The molecule has 1 aromatic rings. The SMILES string of the molecule is CN(C)CCCC1CCN(C(=O)Nc2ccc(C(N)=O)c(F)c2)CC1. The Balaban J connectivity index is 1.81. The van der Waals surface area contributed by atoms with Crippen molar-refractivity contribution in [2.24, 2.45) is 11.7 Å². The molecule has 0 aromatic heterocycles. The van der Waals surface area contributed by atoms with E-state index in [0.29, 0.717) is 24.7 Å². The van der Waals surface area contributed by atoms with Crippen molar-refractivity contribution in [1.82, 2.24) is 9.80 Å². The van der Waals surface area contributed by atoms with Crippen molar-refractivity contribution < 1.29 is 14.0 Å². The van der Waals surface area contributed by atoms with Crippen LogP contribution in [0.1, 0.15) is 36.0 Å². The van der Waals surface area contributed by atoms with Crippen molar-refractivity contribution in [3.63, 3.8) is 0 Å². The number of rotatable bonds is 6. The second-order valence-electron chi connectivity index (χ2n) is 6.86. The fourth-order valence-electron chi connectivity index (χ4n) is 3.12. The molecule has 3 amide bonds. The molecule has 0 unspecified atom stereocenters. The predicted octanol–water partition coefficient (Wildman–Crippen LogP) is 2.51. The summed E-state index contributed by atoms with van der Waals surface area (Å²) in [7, 11) is 4.15. The molecule has 0 atom stereocenters. The van der Waals surface area contributed by atoms with Crippen LogP contribution < -0.4 is 11.1 Å². The number of anilines is 1. The normalized spacial score (nSPS) is 15.4. The van der Waals surface area contributed by atoms with Crippen molar-refractivity contribution in [3.8, 4) is 0 Å². The Kier molecular flexibility index (Phi) is 6.75. The maximum atomic E-state index is 13.8. The Labute approximate surface area is 148 Å². The van der Waals surface area contributed by atoms with Gasteiger partial charge in [-0.25, -0.2) is 9.18 Å². The summed E-state index contributed by atoms with van der Waals surface area (Å²) < 4.78 is 13.8. The van der Waals surface area contributed by atoms with E-state index in [9.17, 15) is 14.0 Å². The summed E-state index contributed by atoms with van der Waals surface area (Å²) in [6.45, 7) is 2.51. The number of primary amides is 1. The molecule has 138 valence electrons. The van der Waals surface area contributed by atoms with Crippen LogP contribution in [-0.4, -0.2) is 55.5 Å². The second-order valence-corrected chi connectivity index (χ2v) is 6.86. The molecule has 25 heavy (non-hydrogen) atoms. The summed E-state index contributed by atoms with van der Waals surface area (Å²) in [6.07, 6.45) is 4.36. The van der Waals surface area contributed by atoms with Gasteiger partial charge < -0.3 is 20.9 Å². The average Bonchev–Trinajstić information content (AvgIpc) is 2.54. The van der Waals surface area contributed by atoms with E-state index in [-0.39, 0.29) is 11.6 Å². The summed E-state index contributed by atoms with van der Waals surface area (Å²) in [5.74, 6) is -0.895. The number of hydrogen-bond donors (Lipinski definition) is 2. The Morgan fingerprint density at radius 1 is 1.32 bits per heavy atom. The Bertz CT molecular complexity index is 613. The van der Waals surface area contributed by atoms with E-state index < -0.39 is 11.7 Å². The Morgan fingerprint density at radius 2 is 2.00 bits per heavy atom. The molecule has 2 rings (SSSR count). The van der Waals surface area contributed by atoms with Gasteiger partial charge in [-0.1, -0.05) is 0 Å². The molecular weight excluding hydrogens is 323 g/mol. The van der Waals surface area contributed by atoms with E-state index in [0.717, 1.165) is 25.5 Å². The molecule has 0 saturated carbocycles. The number of carbonyl (C=O) groups is 2. The Hall–Kier alpha value is -2.15. The maximum absolute atomic E-state index is 13.8. The van der Waals surface area contributed by atoms with Gasteiger partial charge in [-0.15, -0.1) is 0 Å². The van der Waals surface area contributed by atoms with E-state index in [1.807, 2.05) is 0 Å². The minimum atomic E-state index is -0.827. The highest BCUT2D eigenvalue weighted by Gasteiger charge is 2.23. The minimum Gasteiger partial charge on any atom is -0.366 e. The van der Waals surface area contributed by atoms with E-state index in [1.54, 1.807) is 4.90 Å². The molecule has 0 spiro atoms. The molecule has 7 heteroatoms. The first-order valence-electron chi connectivity index (χ1n) is 8.67. The van der Waals surface area contributed by atoms with Crippen molar-refractivity contribution in [2.45, 2.75) is 25.7 Å². The van der Waals surface area contributed by atoms with Crippen LogP contribution in [-0.2, 0) is 0 Å². The fraction of sp³-hybridized carbons (Fsp3) is 0.556. The molecule has 0 radical (unpaired) electrons. The lowest BCUT2D eigenvalue weighted by atomic mass is 9.92. The summed E-state index contributed by atoms with van der Waals surface area (Å²) in [4.78, 5) is 27.3. The largest absolute Gasteiger partial charge is 0.366 e. The number of amides is 3. The van der Waals surface area contributed by atoms with Crippen molar-refractivity contribution in [2.75, 3.05) is 39.0 Å². The third kappa shape index (κ3) is 5.70. The third-order valence-electron chi connectivity index (χ3n) is 4.61. The smallest absolute Gasteiger partial charge is 0.321 e. The van der Waals surface area contributed by atoms with Crippen LogP contribution in [0.15, 0.2) is 18.2 Å². The minimum absolute atomic E-state index is 0.184. The predicted molar refractivity (Wildman–Crippen MR) is 96.0 cm³/mol. The molecule has 0 bridgehead atoms. The first kappa shape index (κ1) is 19.2. The van der Waals surface area contributed by atoms with Crippen molar-refractivity contribution in [1.29, 1.82) is 0 Å². The van der Waals surface area contributed by atoms with Gasteiger partial charge in [-0.05, 0) is 70.4 Å². The maximum Gasteiger partial charge on any atom is 0.321 e. The van der Waals surface area contributed by atoms with E-state index in [2.05, 4.69) is 24.3 Å². The fourth-order valence-corrected chi connectivity index (χ4v) is 3.12. The number of halogens is 1. The number of benzene rings is 1. The number of hydrogen-bond acceptors (Lipinski definition) is 3. The highest BCUT2D eigenvalue weighted by atomic mass is 19.1. The standard InChI is InChI=1S/C18H27FN4O2/c1-22(2)9-3-4-13-7-10-23(11-8-13)18(25)21-14-5-6-15(17(20)24)16(19)12-14/h5-6,12-13H,3-4,7-11H2,1-2H3,(H2,20,24)(H,21,25). The second kappa shape index (κ2) is 8.80. The van der Waals surface area contributed by atoms with Crippen LogP contribution >= 0.6 is 0 Å². The molecule has 1 fully saturated rings. The summed E-state index contributed by atoms with van der Waals surface area (Å²) in [6, 6.07) is 3.64. The molecule has 3 N–H and O–H groups in total. The number of likely N-dealkylation sites (tertiary alicyclic amines) is 1. The number of urea groups is 1. The quantitative estimate of drug-likeness (QED) is 0.827. The number of carbonyl (C=O) groups excluding carboxylic acids is 2. The topological polar surface area (TPSA) is 78.7 Å². The van der Waals surface area contributed by atoms with Gasteiger partial charge in [-0.2, -0.15) is 0 Å². The monoisotopic (exact) mass is 350 g/mol.